The van der Waals surface area contributed by atoms with Gasteiger partial charge in [0.25, 0.3) is 0 Å². The molecule has 0 saturated carbocycles. The van der Waals surface area contributed by atoms with Crippen LogP contribution < -0.4 is 10.6 Å². The maximum atomic E-state index is 12.1. The predicted molar refractivity (Wildman–Crippen MR) is 87.0 cm³/mol. The first kappa shape index (κ1) is 22.2. The molecular weight excluding hydrogens is 301 g/mol. The molecule has 1 fully saturated rings. The summed E-state index contributed by atoms with van der Waals surface area (Å²) in [5.41, 5.74) is 0.0364. The second-order valence-electron chi connectivity index (χ2n) is 6.04. The second-order valence-corrected chi connectivity index (χ2v) is 6.04. The van der Waals surface area contributed by atoms with Gasteiger partial charge in [-0.2, -0.15) is 0 Å². The number of nitrogens with one attached hydrogen (secondary N) is 2. The molecule has 5 nitrogen and oxygen atoms in total. The smallest absolute Gasteiger partial charge is 0.239 e. The largest absolute Gasteiger partial charge is 0.378 e. The average molecular weight is 330 g/mol. The summed E-state index contributed by atoms with van der Waals surface area (Å²) in [6, 6.07) is -0.0903. The van der Waals surface area contributed by atoms with E-state index in [-0.39, 0.29) is 48.2 Å². The van der Waals surface area contributed by atoms with Crippen LogP contribution in [0.2, 0.25) is 0 Å². The Labute approximate surface area is 135 Å². The third-order valence-electron chi connectivity index (χ3n) is 3.49. The van der Waals surface area contributed by atoms with Crippen LogP contribution in [0.3, 0.4) is 0 Å². The zero-order chi connectivity index (χ0) is 13.8. The molecule has 0 aromatic carbocycles. The van der Waals surface area contributed by atoms with Gasteiger partial charge in [-0.15, -0.1) is 24.8 Å². The number of nitrogens with zero attached hydrogens (tertiary/aromatic N) is 1. The predicted octanol–water partition coefficient (Wildman–Crippen LogP) is 0.911. The summed E-state index contributed by atoms with van der Waals surface area (Å²) < 4.78 is 5.30. The number of carbonyl (C=O) groups is 1. The topological polar surface area (TPSA) is 53.6 Å². The minimum Gasteiger partial charge on any atom is -0.378 e. The van der Waals surface area contributed by atoms with Crippen molar-refractivity contribution in [2.75, 3.05) is 40.4 Å². The number of rotatable bonds is 5. The van der Waals surface area contributed by atoms with Gasteiger partial charge in [-0.05, 0) is 26.4 Å². The fraction of sp³-hybridized carbons (Fsp3) is 0.923. The first-order chi connectivity index (χ1) is 8.33. The molecule has 0 spiro atoms. The summed E-state index contributed by atoms with van der Waals surface area (Å²) >= 11 is 0. The van der Waals surface area contributed by atoms with Gasteiger partial charge in [0, 0.05) is 19.1 Å². The Balaban J connectivity index is 0. The van der Waals surface area contributed by atoms with E-state index >= 15 is 0 Å². The van der Waals surface area contributed by atoms with Crippen molar-refractivity contribution in [2.45, 2.75) is 32.9 Å². The van der Waals surface area contributed by atoms with Crippen molar-refractivity contribution in [1.29, 1.82) is 0 Å². The highest BCUT2D eigenvalue weighted by atomic mass is 35.5. The molecule has 20 heavy (non-hydrogen) atoms. The van der Waals surface area contributed by atoms with E-state index < -0.39 is 0 Å². The molecule has 1 rings (SSSR count). The van der Waals surface area contributed by atoms with E-state index in [1.807, 2.05) is 14.1 Å². The summed E-state index contributed by atoms with van der Waals surface area (Å²) in [4.78, 5) is 14.2. The number of hydrogen-bond acceptors (Lipinski definition) is 4. The van der Waals surface area contributed by atoms with Crippen LogP contribution in [0.5, 0.6) is 0 Å². The number of ether oxygens (including phenoxy) is 1. The zero-order valence-electron chi connectivity index (χ0n) is 13.1. The Bertz CT molecular complexity index is 283. The average Bonchev–Trinajstić information content (AvgIpc) is 2.28. The Morgan fingerprint density at radius 3 is 2.50 bits per heavy atom. The molecule has 1 aliphatic heterocycles. The van der Waals surface area contributed by atoms with Crippen molar-refractivity contribution in [3.8, 4) is 0 Å². The van der Waals surface area contributed by atoms with Crippen molar-refractivity contribution in [3.63, 3.8) is 0 Å². The fourth-order valence-electron chi connectivity index (χ4n) is 2.20. The molecule has 7 heteroatoms. The molecule has 0 aromatic heterocycles. The van der Waals surface area contributed by atoms with Gasteiger partial charge in [-0.1, -0.05) is 13.8 Å². The van der Waals surface area contributed by atoms with Gasteiger partial charge in [-0.3, -0.25) is 4.79 Å². The van der Waals surface area contributed by atoms with Crippen LogP contribution >= 0.6 is 24.8 Å². The number of amides is 1. The SMILES string of the molecule is CC(NC(=O)C1COCCN1)C(C)(C)CN(C)C.Cl.Cl. The number of hydrogen-bond donors (Lipinski definition) is 2. The van der Waals surface area contributed by atoms with Gasteiger partial charge in [0.15, 0.2) is 0 Å². The Hall–Kier alpha value is -0.0700. The lowest BCUT2D eigenvalue weighted by atomic mass is 9.84. The summed E-state index contributed by atoms with van der Waals surface area (Å²) in [6.07, 6.45) is 0. The summed E-state index contributed by atoms with van der Waals surface area (Å²) in [6.45, 7) is 9.23. The highest BCUT2D eigenvalue weighted by molar-refractivity contribution is 5.85. The van der Waals surface area contributed by atoms with E-state index in [4.69, 9.17) is 4.74 Å². The third kappa shape index (κ3) is 7.09. The van der Waals surface area contributed by atoms with Crippen molar-refractivity contribution < 1.29 is 9.53 Å². The number of carbonyl (C=O) groups excluding carboxylic acids is 1. The van der Waals surface area contributed by atoms with Crippen LogP contribution in [0.25, 0.3) is 0 Å². The molecule has 1 amide bonds. The van der Waals surface area contributed by atoms with Crippen LogP contribution in [0, 0.1) is 5.41 Å². The molecule has 1 saturated heterocycles. The van der Waals surface area contributed by atoms with Gasteiger partial charge in [-0.25, -0.2) is 0 Å². The third-order valence-corrected chi connectivity index (χ3v) is 3.49. The lowest BCUT2D eigenvalue weighted by Crippen LogP contribution is -2.56. The summed E-state index contributed by atoms with van der Waals surface area (Å²) in [7, 11) is 4.10. The Morgan fingerprint density at radius 1 is 1.45 bits per heavy atom. The maximum absolute atomic E-state index is 12.1. The molecule has 1 heterocycles. The molecule has 1 aliphatic rings. The van der Waals surface area contributed by atoms with E-state index in [0.717, 1.165) is 13.1 Å². The van der Waals surface area contributed by atoms with Crippen molar-refractivity contribution in [1.82, 2.24) is 15.5 Å². The Morgan fingerprint density at radius 2 is 2.05 bits per heavy atom. The molecule has 122 valence electrons. The number of halogens is 2. The van der Waals surface area contributed by atoms with Crippen molar-refractivity contribution in [3.05, 3.63) is 0 Å². The van der Waals surface area contributed by atoms with Crippen LogP contribution in [0.15, 0.2) is 0 Å². The summed E-state index contributed by atoms with van der Waals surface area (Å²) in [5, 5.41) is 6.26. The molecule has 2 N–H and O–H groups in total. The fourth-order valence-corrected chi connectivity index (χ4v) is 2.20. The monoisotopic (exact) mass is 329 g/mol. The van der Waals surface area contributed by atoms with Crippen LogP contribution in [-0.4, -0.2) is 63.3 Å². The summed E-state index contributed by atoms with van der Waals surface area (Å²) in [5.74, 6) is 0.0361. The lowest BCUT2D eigenvalue weighted by Gasteiger charge is -2.36. The van der Waals surface area contributed by atoms with E-state index in [1.54, 1.807) is 0 Å². The van der Waals surface area contributed by atoms with E-state index in [1.165, 1.54) is 0 Å². The molecule has 2 atom stereocenters. The molecule has 2 unspecified atom stereocenters. The lowest BCUT2D eigenvalue weighted by molar-refractivity contribution is -0.127. The first-order valence-corrected chi connectivity index (χ1v) is 6.59. The quantitative estimate of drug-likeness (QED) is 0.787. The van der Waals surface area contributed by atoms with Gasteiger partial charge >= 0.3 is 0 Å². The van der Waals surface area contributed by atoms with E-state index in [9.17, 15) is 4.79 Å². The van der Waals surface area contributed by atoms with E-state index in [0.29, 0.717) is 13.2 Å². The maximum Gasteiger partial charge on any atom is 0.239 e. The molecule has 0 bridgehead atoms. The highest BCUT2D eigenvalue weighted by Gasteiger charge is 2.30. The van der Waals surface area contributed by atoms with Crippen LogP contribution in [0.4, 0.5) is 0 Å². The minimum absolute atomic E-state index is 0. The molecule has 0 radical (unpaired) electrons. The van der Waals surface area contributed by atoms with Gasteiger partial charge in [0.05, 0.1) is 13.2 Å². The minimum atomic E-state index is -0.212. The normalized spacial score (nSPS) is 20.6. The zero-order valence-corrected chi connectivity index (χ0v) is 14.7. The Kier molecular flexibility index (Phi) is 10.9. The van der Waals surface area contributed by atoms with Crippen molar-refractivity contribution in [2.24, 2.45) is 5.41 Å². The van der Waals surface area contributed by atoms with Crippen LogP contribution in [0.1, 0.15) is 20.8 Å². The molecule has 0 aliphatic carbocycles. The van der Waals surface area contributed by atoms with Gasteiger partial charge in [0.1, 0.15) is 6.04 Å². The van der Waals surface area contributed by atoms with Crippen molar-refractivity contribution >= 4 is 30.7 Å². The van der Waals surface area contributed by atoms with E-state index in [2.05, 4.69) is 36.3 Å². The standard InChI is InChI=1S/C13H27N3O2.2ClH/c1-10(13(2,3)9-16(4)5)15-12(17)11-8-18-7-6-14-11;;/h10-11,14H,6-9H2,1-5H3,(H,15,17);2*1H. The second kappa shape index (κ2) is 9.79. The highest BCUT2D eigenvalue weighted by Crippen LogP contribution is 2.21. The first-order valence-electron chi connectivity index (χ1n) is 6.59. The number of morpholine rings is 1. The molecular formula is C13H29Cl2N3O2. The van der Waals surface area contributed by atoms with Crippen LogP contribution in [-0.2, 0) is 9.53 Å². The van der Waals surface area contributed by atoms with Gasteiger partial charge in [0.2, 0.25) is 5.91 Å². The molecule has 0 aromatic rings. The van der Waals surface area contributed by atoms with Gasteiger partial charge < -0.3 is 20.3 Å².